The van der Waals surface area contributed by atoms with Crippen LogP contribution in [0.1, 0.15) is 11.1 Å². The van der Waals surface area contributed by atoms with Crippen molar-refractivity contribution in [1.29, 1.82) is 0 Å². The van der Waals surface area contributed by atoms with E-state index < -0.39 is 5.82 Å². The van der Waals surface area contributed by atoms with E-state index in [0.29, 0.717) is 11.3 Å². The summed E-state index contributed by atoms with van der Waals surface area (Å²) in [6.07, 6.45) is 3.12. The molecular weight excluding hydrogens is 323 g/mol. The molecule has 0 aliphatic carbocycles. The van der Waals surface area contributed by atoms with Crippen LogP contribution in [0, 0.1) is 5.82 Å². The Bertz CT molecular complexity index is 786. The third-order valence-electron chi connectivity index (χ3n) is 3.47. The molecule has 5 nitrogen and oxygen atoms in total. The van der Waals surface area contributed by atoms with Gasteiger partial charge >= 0.3 is 0 Å². The number of rotatable bonds is 6. The van der Waals surface area contributed by atoms with Crippen molar-refractivity contribution in [2.45, 2.75) is 6.42 Å². The third kappa shape index (κ3) is 5.46. The minimum atomic E-state index is -0.489. The van der Waals surface area contributed by atoms with Crippen LogP contribution in [0.4, 0.5) is 10.1 Å². The maximum Gasteiger partial charge on any atom is 0.248 e. The predicted octanol–water partition coefficient (Wildman–Crippen LogP) is 2.77. The molecule has 0 aliphatic rings. The Morgan fingerprint density at radius 3 is 2.48 bits per heavy atom. The van der Waals surface area contributed by atoms with E-state index in [-0.39, 0.29) is 24.0 Å². The van der Waals surface area contributed by atoms with Gasteiger partial charge in [0.2, 0.25) is 11.8 Å². The highest BCUT2D eigenvalue weighted by atomic mass is 19.1. The van der Waals surface area contributed by atoms with Crippen LogP contribution in [0.5, 0.6) is 5.75 Å². The van der Waals surface area contributed by atoms with Gasteiger partial charge in [0.25, 0.3) is 0 Å². The van der Waals surface area contributed by atoms with Crippen LogP contribution >= 0.6 is 0 Å². The van der Waals surface area contributed by atoms with E-state index in [1.54, 1.807) is 37.4 Å². The van der Waals surface area contributed by atoms with Gasteiger partial charge in [0.05, 0.1) is 13.5 Å². The number of carbonyl (C=O) groups is 2. The normalized spacial score (nSPS) is 10.5. The first-order valence-electron chi connectivity index (χ1n) is 7.64. The van der Waals surface area contributed by atoms with Gasteiger partial charge in [-0.3, -0.25) is 9.59 Å². The molecule has 0 heterocycles. The minimum Gasteiger partial charge on any atom is -0.494 e. The molecule has 0 aromatic heterocycles. The van der Waals surface area contributed by atoms with Gasteiger partial charge in [-0.1, -0.05) is 18.2 Å². The zero-order valence-electron chi connectivity index (χ0n) is 14.0. The first-order chi connectivity index (χ1) is 12.0. The molecule has 2 amide bonds. The van der Waals surface area contributed by atoms with E-state index in [4.69, 9.17) is 4.74 Å². The molecule has 0 fully saturated rings. The monoisotopic (exact) mass is 342 g/mol. The van der Waals surface area contributed by atoms with Crippen molar-refractivity contribution in [3.05, 3.63) is 65.5 Å². The molecule has 130 valence electrons. The van der Waals surface area contributed by atoms with Crippen LogP contribution in [0.3, 0.4) is 0 Å². The lowest BCUT2D eigenvalue weighted by Crippen LogP contribution is -2.19. The lowest BCUT2D eigenvalue weighted by molar-refractivity contribution is -0.120. The fourth-order valence-corrected chi connectivity index (χ4v) is 2.12. The van der Waals surface area contributed by atoms with Gasteiger partial charge < -0.3 is 15.4 Å². The summed E-state index contributed by atoms with van der Waals surface area (Å²) in [5, 5.41) is 5.25. The lowest BCUT2D eigenvalue weighted by Gasteiger charge is -2.05. The number of nitrogens with one attached hydrogen (secondary N) is 2. The van der Waals surface area contributed by atoms with Gasteiger partial charge in [0.1, 0.15) is 0 Å². The van der Waals surface area contributed by atoms with Crippen molar-refractivity contribution >= 4 is 23.6 Å². The van der Waals surface area contributed by atoms with Crippen LogP contribution in [0.2, 0.25) is 0 Å². The second-order valence-corrected chi connectivity index (χ2v) is 5.26. The predicted molar refractivity (Wildman–Crippen MR) is 94.8 cm³/mol. The Hall–Kier alpha value is -3.15. The lowest BCUT2D eigenvalue weighted by atomic mass is 10.1. The van der Waals surface area contributed by atoms with Crippen molar-refractivity contribution in [3.63, 3.8) is 0 Å². The fraction of sp³-hybridized carbons (Fsp3) is 0.158. The van der Waals surface area contributed by atoms with Gasteiger partial charge in [-0.2, -0.15) is 0 Å². The summed E-state index contributed by atoms with van der Waals surface area (Å²) in [5.74, 6) is -0.753. The molecule has 2 aromatic carbocycles. The third-order valence-corrected chi connectivity index (χ3v) is 3.47. The number of anilines is 1. The second-order valence-electron chi connectivity index (χ2n) is 5.26. The van der Waals surface area contributed by atoms with Crippen molar-refractivity contribution < 1.29 is 18.7 Å². The minimum absolute atomic E-state index is 0.0774. The maximum atomic E-state index is 13.6. The molecule has 2 rings (SSSR count). The Labute approximate surface area is 145 Å². The van der Waals surface area contributed by atoms with Gasteiger partial charge in [-0.05, 0) is 41.5 Å². The number of amides is 2. The van der Waals surface area contributed by atoms with E-state index in [9.17, 15) is 14.0 Å². The van der Waals surface area contributed by atoms with Crippen LogP contribution < -0.4 is 15.4 Å². The molecule has 0 aliphatic heterocycles. The van der Waals surface area contributed by atoms with E-state index in [2.05, 4.69) is 10.6 Å². The summed E-state index contributed by atoms with van der Waals surface area (Å²) < 4.78 is 18.4. The molecule has 6 heteroatoms. The van der Waals surface area contributed by atoms with Gasteiger partial charge in [-0.15, -0.1) is 0 Å². The van der Waals surface area contributed by atoms with Gasteiger partial charge in [0, 0.05) is 18.8 Å². The largest absolute Gasteiger partial charge is 0.494 e. The highest BCUT2D eigenvalue weighted by molar-refractivity contribution is 6.01. The fourth-order valence-electron chi connectivity index (χ4n) is 2.12. The number of ether oxygens (including phenoxy) is 1. The van der Waals surface area contributed by atoms with Crippen LogP contribution in [-0.2, 0) is 16.0 Å². The Kier molecular flexibility index (Phi) is 6.28. The van der Waals surface area contributed by atoms with E-state index in [1.165, 1.54) is 31.4 Å². The van der Waals surface area contributed by atoms with E-state index in [1.807, 2.05) is 0 Å². The van der Waals surface area contributed by atoms with Gasteiger partial charge in [-0.25, -0.2) is 4.39 Å². The average Bonchev–Trinajstić information content (AvgIpc) is 2.61. The first-order valence-corrected chi connectivity index (χ1v) is 7.64. The topological polar surface area (TPSA) is 67.4 Å². The number of methoxy groups -OCH3 is 1. The molecule has 0 bridgehead atoms. The van der Waals surface area contributed by atoms with Crippen molar-refractivity contribution in [2.24, 2.45) is 0 Å². The number of halogens is 1. The molecule has 2 N–H and O–H groups in total. The number of likely N-dealkylation sites (N-methyl/N-ethyl adjacent to an activating group) is 1. The number of hydrogen-bond donors (Lipinski definition) is 2. The number of benzene rings is 2. The average molecular weight is 342 g/mol. The van der Waals surface area contributed by atoms with Crippen molar-refractivity contribution in [1.82, 2.24) is 5.32 Å². The van der Waals surface area contributed by atoms with E-state index >= 15 is 0 Å². The summed E-state index contributed by atoms with van der Waals surface area (Å²) in [5.41, 5.74) is 2.01. The molecule has 0 radical (unpaired) electrons. The molecule has 0 unspecified atom stereocenters. The van der Waals surface area contributed by atoms with E-state index in [0.717, 1.165) is 5.56 Å². The van der Waals surface area contributed by atoms with Crippen LogP contribution in [0.25, 0.3) is 6.08 Å². The Morgan fingerprint density at radius 2 is 1.88 bits per heavy atom. The molecule has 2 aromatic rings. The SMILES string of the molecule is CNC(=O)Cc1ccc(NC(=O)C=Cc2ccc(OC)c(F)c2)cc1. The summed E-state index contributed by atoms with van der Waals surface area (Å²) in [6, 6.07) is 11.4. The molecule has 0 saturated carbocycles. The highest BCUT2D eigenvalue weighted by Crippen LogP contribution is 2.18. The summed E-state index contributed by atoms with van der Waals surface area (Å²) in [6.45, 7) is 0. The summed E-state index contributed by atoms with van der Waals surface area (Å²) in [4.78, 5) is 23.2. The molecule has 0 spiro atoms. The second kappa shape index (κ2) is 8.63. The molecule has 0 atom stereocenters. The van der Waals surface area contributed by atoms with Crippen LogP contribution in [0.15, 0.2) is 48.5 Å². The maximum absolute atomic E-state index is 13.6. The zero-order chi connectivity index (χ0) is 18.2. The summed E-state index contributed by atoms with van der Waals surface area (Å²) in [7, 11) is 2.97. The van der Waals surface area contributed by atoms with Gasteiger partial charge in [0.15, 0.2) is 11.6 Å². The molecule has 25 heavy (non-hydrogen) atoms. The highest BCUT2D eigenvalue weighted by Gasteiger charge is 2.04. The Morgan fingerprint density at radius 1 is 1.16 bits per heavy atom. The molecular formula is C19H19FN2O3. The quantitative estimate of drug-likeness (QED) is 0.793. The number of carbonyl (C=O) groups excluding carboxylic acids is 2. The van der Waals surface area contributed by atoms with Crippen molar-refractivity contribution in [2.75, 3.05) is 19.5 Å². The zero-order valence-corrected chi connectivity index (χ0v) is 14.0. The Balaban J connectivity index is 1.95. The number of hydrogen-bond acceptors (Lipinski definition) is 3. The first kappa shape index (κ1) is 18.2. The molecule has 0 saturated heterocycles. The summed E-state index contributed by atoms with van der Waals surface area (Å²) >= 11 is 0. The van der Waals surface area contributed by atoms with Crippen molar-refractivity contribution in [3.8, 4) is 5.75 Å². The van der Waals surface area contributed by atoms with Crippen LogP contribution in [-0.4, -0.2) is 26.0 Å². The smallest absolute Gasteiger partial charge is 0.248 e. The standard InChI is InChI=1S/C19H19FN2O3/c1-21-19(24)12-14-3-7-15(8-4-14)22-18(23)10-6-13-5-9-17(25-2)16(20)11-13/h3-11H,12H2,1-2H3,(H,21,24)(H,22,23).